The van der Waals surface area contributed by atoms with Gasteiger partial charge >= 0.3 is 40.2 Å². The third-order valence-electron chi connectivity index (χ3n) is 1.28. The van der Waals surface area contributed by atoms with Crippen LogP contribution in [-0.4, -0.2) is 12.6 Å². The number of hydrogen-bond acceptors (Lipinski definition) is 3. The minimum Gasteiger partial charge on any atom is -0.199 e. The molecule has 0 saturated heterocycles. The summed E-state index contributed by atoms with van der Waals surface area (Å²) in [5, 5.41) is 0. The fraction of sp³-hybridized carbons (Fsp3) is 0.222. The van der Waals surface area contributed by atoms with E-state index in [1.165, 1.54) is 11.1 Å². The smallest absolute Gasteiger partial charge is 0.199 e. The summed E-state index contributed by atoms with van der Waals surface area (Å²) in [6, 6.07) is 6.30. The number of hydrogen-bond donors (Lipinski definition) is 0. The van der Waals surface area contributed by atoms with E-state index in [1.54, 1.807) is 0 Å². The van der Waals surface area contributed by atoms with E-state index in [9.17, 15) is 0 Å². The van der Waals surface area contributed by atoms with Crippen molar-refractivity contribution in [3.8, 4) is 0 Å². The van der Waals surface area contributed by atoms with Gasteiger partial charge in [0.05, 0.1) is 0 Å². The average molecular weight is 222 g/mol. The molecule has 0 spiro atoms. The summed E-state index contributed by atoms with van der Waals surface area (Å²) in [5.74, 6) is 0. The zero-order valence-electron chi connectivity index (χ0n) is 8.57. The second-order valence-electron chi connectivity index (χ2n) is 2.70. The minimum atomic E-state index is -3.11. The Bertz CT molecular complexity index is 326. The standard InChI is InChI=1S/C9H11.Na.O3S/c1-7-4-8(2)6-9(3)5-7;;1-4(2)3/h4-6H,1H2,2-3H3;;/q-1;+1;. The molecule has 0 bridgehead atoms. The van der Waals surface area contributed by atoms with Crippen molar-refractivity contribution in [2.45, 2.75) is 13.8 Å². The third kappa shape index (κ3) is 9.80. The summed E-state index contributed by atoms with van der Waals surface area (Å²) in [6.45, 7) is 8.01. The van der Waals surface area contributed by atoms with Crippen LogP contribution in [-0.2, 0) is 10.6 Å². The van der Waals surface area contributed by atoms with E-state index in [4.69, 9.17) is 12.6 Å². The van der Waals surface area contributed by atoms with Crippen molar-refractivity contribution < 1.29 is 42.2 Å². The van der Waals surface area contributed by atoms with Crippen molar-refractivity contribution in [1.29, 1.82) is 0 Å². The Morgan fingerprint density at radius 2 is 1.29 bits per heavy atom. The predicted octanol–water partition coefficient (Wildman–Crippen LogP) is -1.51. The van der Waals surface area contributed by atoms with Crippen LogP contribution in [0.5, 0.6) is 0 Å². The second kappa shape index (κ2) is 8.05. The Morgan fingerprint density at radius 1 is 1.00 bits per heavy atom. The second-order valence-corrected chi connectivity index (χ2v) is 3.11. The molecule has 0 aliphatic carbocycles. The zero-order valence-corrected chi connectivity index (χ0v) is 11.4. The quantitative estimate of drug-likeness (QED) is 0.396. The Morgan fingerprint density at radius 3 is 1.50 bits per heavy atom. The van der Waals surface area contributed by atoms with Crippen LogP contribution in [0.1, 0.15) is 16.7 Å². The molecule has 3 nitrogen and oxygen atoms in total. The Labute approximate surface area is 108 Å². The molecule has 14 heavy (non-hydrogen) atoms. The molecule has 0 heterocycles. The third-order valence-corrected chi connectivity index (χ3v) is 1.28. The molecule has 0 aliphatic heterocycles. The molecule has 1 aromatic rings. The summed E-state index contributed by atoms with van der Waals surface area (Å²) in [7, 11) is -3.11. The topological polar surface area (TPSA) is 51.2 Å². The van der Waals surface area contributed by atoms with E-state index in [2.05, 4.69) is 39.0 Å². The van der Waals surface area contributed by atoms with Gasteiger partial charge in [-0.2, -0.15) is 24.6 Å². The summed E-state index contributed by atoms with van der Waals surface area (Å²) < 4.78 is 25.3. The largest absolute Gasteiger partial charge is 1.00 e. The minimum absolute atomic E-state index is 0. The Hall–Kier alpha value is -0.290. The van der Waals surface area contributed by atoms with Crippen molar-refractivity contribution in [3.05, 3.63) is 41.8 Å². The number of benzene rings is 1. The van der Waals surface area contributed by atoms with Gasteiger partial charge in [0.25, 0.3) is 0 Å². The summed E-state index contributed by atoms with van der Waals surface area (Å²) >= 11 is 0. The first-order chi connectivity index (χ1) is 5.91. The van der Waals surface area contributed by atoms with Gasteiger partial charge in [0.15, 0.2) is 0 Å². The zero-order chi connectivity index (χ0) is 10.4. The Balaban J connectivity index is 0. The molecule has 1 rings (SSSR count). The fourth-order valence-corrected chi connectivity index (χ4v) is 1.07. The molecular weight excluding hydrogens is 211 g/mol. The van der Waals surface area contributed by atoms with E-state index in [1.807, 2.05) is 0 Å². The van der Waals surface area contributed by atoms with Crippen LogP contribution in [0.25, 0.3) is 0 Å². The van der Waals surface area contributed by atoms with E-state index in [-0.39, 0.29) is 29.6 Å². The van der Waals surface area contributed by atoms with Crippen molar-refractivity contribution in [2.75, 3.05) is 0 Å². The van der Waals surface area contributed by atoms with Crippen molar-refractivity contribution in [2.24, 2.45) is 0 Å². The van der Waals surface area contributed by atoms with Gasteiger partial charge in [0.2, 0.25) is 0 Å². The van der Waals surface area contributed by atoms with Gasteiger partial charge in [-0.1, -0.05) is 19.9 Å². The van der Waals surface area contributed by atoms with E-state index in [0.717, 1.165) is 5.56 Å². The first-order valence-electron chi connectivity index (χ1n) is 3.59. The van der Waals surface area contributed by atoms with Crippen LogP contribution in [0.2, 0.25) is 0 Å². The molecule has 0 aromatic heterocycles. The maximum atomic E-state index is 8.44. The molecular formula is C9H11NaO3S. The van der Waals surface area contributed by atoms with Crippen LogP contribution in [0, 0.1) is 20.8 Å². The van der Waals surface area contributed by atoms with Gasteiger partial charge in [-0.3, -0.25) is 0 Å². The Kier molecular flexibility index (Phi) is 9.29. The average Bonchev–Trinajstić information content (AvgIpc) is 1.80. The van der Waals surface area contributed by atoms with Crippen LogP contribution >= 0.6 is 0 Å². The summed E-state index contributed by atoms with van der Waals surface area (Å²) in [5.41, 5.74) is 3.69. The van der Waals surface area contributed by atoms with Gasteiger partial charge in [-0.05, 0) is 0 Å². The monoisotopic (exact) mass is 222 g/mol. The normalized spacial score (nSPS) is 7.86. The van der Waals surface area contributed by atoms with Crippen molar-refractivity contribution >= 4 is 10.6 Å². The van der Waals surface area contributed by atoms with E-state index in [0.29, 0.717) is 0 Å². The SMILES string of the molecule is O=S(=O)=O.[CH2-]c1cc(C)cc(C)c1.[Na+]. The van der Waals surface area contributed by atoms with Gasteiger partial charge in [-0.25, -0.2) is 0 Å². The van der Waals surface area contributed by atoms with Crippen LogP contribution in [0.15, 0.2) is 18.2 Å². The molecule has 1 aromatic carbocycles. The molecule has 72 valence electrons. The van der Waals surface area contributed by atoms with Crippen LogP contribution in [0.3, 0.4) is 0 Å². The summed E-state index contributed by atoms with van der Waals surface area (Å²) in [4.78, 5) is 0. The van der Waals surface area contributed by atoms with E-state index >= 15 is 0 Å². The molecule has 5 heteroatoms. The van der Waals surface area contributed by atoms with Gasteiger partial charge < -0.3 is 0 Å². The molecule has 0 amide bonds. The molecule has 0 N–H and O–H groups in total. The van der Waals surface area contributed by atoms with E-state index < -0.39 is 10.6 Å². The first-order valence-corrected chi connectivity index (χ1v) is 4.59. The van der Waals surface area contributed by atoms with Crippen molar-refractivity contribution in [3.63, 3.8) is 0 Å². The molecule has 0 atom stereocenters. The summed E-state index contributed by atoms with van der Waals surface area (Å²) in [6.07, 6.45) is 0. The van der Waals surface area contributed by atoms with Crippen LogP contribution in [0.4, 0.5) is 0 Å². The molecule has 0 radical (unpaired) electrons. The predicted molar refractivity (Wildman–Crippen MR) is 50.1 cm³/mol. The fourth-order valence-electron chi connectivity index (χ4n) is 1.07. The molecule has 0 aliphatic rings. The van der Waals surface area contributed by atoms with Gasteiger partial charge in [0, 0.05) is 0 Å². The van der Waals surface area contributed by atoms with Crippen molar-refractivity contribution in [1.82, 2.24) is 0 Å². The molecule has 0 unspecified atom stereocenters. The molecule has 0 fully saturated rings. The number of aryl methyl sites for hydroxylation is 2. The van der Waals surface area contributed by atoms with Gasteiger partial charge in [0.1, 0.15) is 0 Å². The first kappa shape index (κ1) is 16.2. The molecule has 0 saturated carbocycles. The van der Waals surface area contributed by atoms with Crippen LogP contribution < -0.4 is 29.6 Å². The maximum Gasteiger partial charge on any atom is 1.00 e. The maximum absolute atomic E-state index is 8.44. The number of rotatable bonds is 0. The van der Waals surface area contributed by atoms with Gasteiger partial charge in [-0.15, -0.1) is 23.8 Å².